The van der Waals surface area contributed by atoms with E-state index in [-0.39, 0.29) is 24.1 Å². The zero-order valence-corrected chi connectivity index (χ0v) is 16.4. The molecule has 3 rings (SSSR count). The molecule has 1 fully saturated rings. The summed E-state index contributed by atoms with van der Waals surface area (Å²) in [6.45, 7) is 3.56. The lowest BCUT2D eigenvalue weighted by molar-refractivity contribution is -0.133. The van der Waals surface area contributed by atoms with E-state index >= 15 is 0 Å². The lowest BCUT2D eigenvalue weighted by Crippen LogP contribution is -2.42. The first-order valence-corrected chi connectivity index (χ1v) is 10.00. The molecule has 0 spiro atoms. The molecule has 1 atom stereocenters. The molecule has 28 heavy (non-hydrogen) atoms. The van der Waals surface area contributed by atoms with Crippen LogP contribution in [-0.2, 0) is 24.3 Å². The van der Waals surface area contributed by atoms with Crippen molar-refractivity contribution in [3.05, 3.63) is 52.2 Å². The van der Waals surface area contributed by atoms with Crippen LogP contribution >= 0.6 is 0 Å². The topological polar surface area (TPSA) is 83.9 Å². The predicted octanol–water partition coefficient (Wildman–Crippen LogP) is 2.20. The van der Waals surface area contributed by atoms with E-state index in [2.05, 4.69) is 18.1 Å². The molecule has 1 aromatic carbocycles. The fourth-order valence-electron chi connectivity index (χ4n) is 3.57. The second-order valence-corrected chi connectivity index (χ2v) is 7.34. The number of hydrogen-bond acceptors (Lipinski definition) is 4. The predicted molar refractivity (Wildman–Crippen MR) is 106 cm³/mol. The van der Waals surface area contributed by atoms with Crippen molar-refractivity contribution in [2.24, 2.45) is 5.92 Å². The number of amides is 1. The number of rotatable bonds is 7. The van der Waals surface area contributed by atoms with Crippen molar-refractivity contribution >= 4 is 5.91 Å². The van der Waals surface area contributed by atoms with Gasteiger partial charge in [0.25, 0.3) is 0 Å². The summed E-state index contributed by atoms with van der Waals surface area (Å²) in [6.07, 6.45) is 4.31. The van der Waals surface area contributed by atoms with E-state index in [0.29, 0.717) is 26.1 Å². The number of unbranched alkanes of at least 4 members (excludes halogenated alkanes) is 1. The average Bonchev–Trinajstić information content (AvgIpc) is 3.02. The van der Waals surface area contributed by atoms with Gasteiger partial charge in [0.15, 0.2) is 0 Å². The second-order valence-electron chi connectivity index (χ2n) is 7.34. The number of carbonyl (C=O) groups is 1. The number of carbonyl (C=O) groups excluding carboxylic acids is 1. The number of aromatic nitrogens is 3. The van der Waals surface area contributed by atoms with Gasteiger partial charge in [-0.25, -0.2) is 9.48 Å². The summed E-state index contributed by atoms with van der Waals surface area (Å²) in [7, 11) is 0. The van der Waals surface area contributed by atoms with Crippen LogP contribution in [0.5, 0.6) is 0 Å². The molecule has 0 saturated carbocycles. The fourth-order valence-corrected chi connectivity index (χ4v) is 3.57. The van der Waals surface area contributed by atoms with Crippen LogP contribution in [0.4, 0.5) is 0 Å². The minimum absolute atomic E-state index is 0.0715. The lowest BCUT2D eigenvalue weighted by atomic mass is 10.00. The van der Waals surface area contributed by atoms with Crippen LogP contribution in [0.1, 0.15) is 44.0 Å². The standard InChI is InChI=1S/C21H27N5O2/c1-2-3-11-19-23-26(16-20(27)24-12-7-10-18(13-22)14-24)21(28)25(19)15-17-8-5-4-6-9-17/h4-6,8-9,18H,2-3,7,10-12,14-16H2,1H3/t18-/m1/s1. The highest BCUT2D eigenvalue weighted by molar-refractivity contribution is 5.76. The Hall–Kier alpha value is -2.88. The Balaban J connectivity index is 1.80. The maximum absolute atomic E-state index is 12.9. The van der Waals surface area contributed by atoms with Gasteiger partial charge < -0.3 is 4.90 Å². The quantitative estimate of drug-likeness (QED) is 0.736. The molecule has 0 radical (unpaired) electrons. The number of hydrogen-bond donors (Lipinski definition) is 0. The van der Waals surface area contributed by atoms with Gasteiger partial charge in [0.2, 0.25) is 5.91 Å². The molecule has 7 nitrogen and oxygen atoms in total. The minimum Gasteiger partial charge on any atom is -0.340 e. The van der Waals surface area contributed by atoms with Crippen LogP contribution < -0.4 is 5.69 Å². The monoisotopic (exact) mass is 381 g/mol. The van der Waals surface area contributed by atoms with Crippen molar-refractivity contribution in [2.45, 2.75) is 52.1 Å². The SMILES string of the molecule is CCCCc1nn(CC(=O)N2CCC[C@H](C#N)C2)c(=O)n1Cc1ccccc1. The fraction of sp³-hybridized carbons (Fsp3) is 0.524. The Kier molecular flexibility index (Phi) is 6.64. The van der Waals surface area contributed by atoms with E-state index in [9.17, 15) is 9.59 Å². The number of nitriles is 1. The van der Waals surface area contributed by atoms with Gasteiger partial charge in [-0.15, -0.1) is 0 Å². The minimum atomic E-state index is -0.253. The van der Waals surface area contributed by atoms with E-state index in [1.165, 1.54) is 4.68 Å². The molecule has 1 aliphatic heterocycles. The van der Waals surface area contributed by atoms with E-state index in [4.69, 9.17) is 5.26 Å². The van der Waals surface area contributed by atoms with Crippen molar-refractivity contribution in [1.82, 2.24) is 19.2 Å². The van der Waals surface area contributed by atoms with Crippen LogP contribution in [0, 0.1) is 17.2 Å². The molecule has 2 heterocycles. The number of piperidine rings is 1. The summed E-state index contributed by atoms with van der Waals surface area (Å²) >= 11 is 0. The van der Waals surface area contributed by atoms with Gasteiger partial charge in [0.1, 0.15) is 12.4 Å². The van der Waals surface area contributed by atoms with Gasteiger partial charge in [-0.2, -0.15) is 10.4 Å². The average molecular weight is 381 g/mol. The molecule has 1 aliphatic rings. The van der Waals surface area contributed by atoms with Gasteiger partial charge in [-0.05, 0) is 24.8 Å². The first-order chi connectivity index (χ1) is 13.6. The Bertz CT molecular complexity index is 894. The number of likely N-dealkylation sites (tertiary alicyclic amines) is 1. The Labute approximate surface area is 165 Å². The molecule has 1 amide bonds. The van der Waals surface area contributed by atoms with Crippen molar-refractivity contribution in [1.29, 1.82) is 5.26 Å². The summed E-state index contributed by atoms with van der Waals surface area (Å²) in [6, 6.07) is 12.0. The molecule has 1 aromatic heterocycles. The maximum atomic E-state index is 12.9. The molecule has 2 aromatic rings. The van der Waals surface area contributed by atoms with Crippen molar-refractivity contribution in [3.63, 3.8) is 0 Å². The molecule has 0 N–H and O–H groups in total. The summed E-state index contributed by atoms with van der Waals surface area (Å²) in [5, 5.41) is 13.6. The molecule has 0 bridgehead atoms. The zero-order valence-electron chi connectivity index (χ0n) is 16.4. The molecule has 148 valence electrons. The molecule has 7 heteroatoms. The third-order valence-electron chi connectivity index (χ3n) is 5.18. The third-order valence-corrected chi connectivity index (χ3v) is 5.18. The largest absolute Gasteiger partial charge is 0.346 e. The second kappa shape index (κ2) is 9.36. The van der Waals surface area contributed by atoms with Crippen LogP contribution in [-0.4, -0.2) is 38.2 Å². The van der Waals surface area contributed by atoms with Crippen LogP contribution in [0.15, 0.2) is 35.1 Å². The van der Waals surface area contributed by atoms with E-state index < -0.39 is 0 Å². The lowest BCUT2D eigenvalue weighted by Gasteiger charge is -2.29. The highest BCUT2D eigenvalue weighted by Gasteiger charge is 2.25. The molecule has 0 aliphatic carbocycles. The molecule has 0 unspecified atom stereocenters. The maximum Gasteiger partial charge on any atom is 0.346 e. The van der Waals surface area contributed by atoms with Gasteiger partial charge in [0.05, 0.1) is 18.5 Å². The summed E-state index contributed by atoms with van der Waals surface area (Å²) < 4.78 is 2.96. The zero-order chi connectivity index (χ0) is 19.9. The van der Waals surface area contributed by atoms with Crippen LogP contribution in [0.25, 0.3) is 0 Å². The van der Waals surface area contributed by atoms with Crippen LogP contribution in [0.3, 0.4) is 0 Å². The van der Waals surface area contributed by atoms with Crippen molar-refractivity contribution in [2.75, 3.05) is 13.1 Å². The van der Waals surface area contributed by atoms with Crippen molar-refractivity contribution in [3.8, 4) is 6.07 Å². The molecule has 1 saturated heterocycles. The number of aryl methyl sites for hydroxylation is 1. The third kappa shape index (κ3) is 4.69. The Morgan fingerprint density at radius 3 is 2.82 bits per heavy atom. The van der Waals surface area contributed by atoms with E-state index in [1.54, 1.807) is 9.47 Å². The van der Waals surface area contributed by atoms with Crippen molar-refractivity contribution < 1.29 is 4.79 Å². The van der Waals surface area contributed by atoms with Gasteiger partial charge in [-0.1, -0.05) is 43.7 Å². The highest BCUT2D eigenvalue weighted by Crippen LogP contribution is 2.16. The van der Waals surface area contributed by atoms with Gasteiger partial charge in [-0.3, -0.25) is 9.36 Å². The van der Waals surface area contributed by atoms with E-state index in [1.807, 2.05) is 30.3 Å². The summed E-state index contributed by atoms with van der Waals surface area (Å²) in [5.74, 6) is 0.454. The highest BCUT2D eigenvalue weighted by atomic mass is 16.2. The van der Waals surface area contributed by atoms with Crippen LogP contribution in [0.2, 0.25) is 0 Å². The summed E-state index contributed by atoms with van der Waals surface area (Å²) in [4.78, 5) is 27.3. The molecular weight excluding hydrogens is 354 g/mol. The first kappa shape index (κ1) is 19.9. The number of benzene rings is 1. The molecular formula is C21H27N5O2. The Morgan fingerprint density at radius 2 is 2.11 bits per heavy atom. The normalized spacial score (nSPS) is 16.7. The number of nitrogens with zero attached hydrogens (tertiary/aromatic N) is 5. The summed E-state index contributed by atoms with van der Waals surface area (Å²) in [5.41, 5.74) is 0.776. The smallest absolute Gasteiger partial charge is 0.340 e. The van der Waals surface area contributed by atoms with E-state index in [0.717, 1.165) is 37.1 Å². The van der Waals surface area contributed by atoms with Gasteiger partial charge >= 0.3 is 5.69 Å². The van der Waals surface area contributed by atoms with Gasteiger partial charge in [0, 0.05) is 19.5 Å². The Morgan fingerprint density at radius 1 is 1.32 bits per heavy atom. The first-order valence-electron chi connectivity index (χ1n) is 10.00.